The highest BCUT2D eigenvalue weighted by molar-refractivity contribution is 6.00. The van der Waals surface area contributed by atoms with Crippen LogP contribution >= 0.6 is 0 Å². The van der Waals surface area contributed by atoms with E-state index in [9.17, 15) is 4.79 Å². The molecule has 0 bridgehead atoms. The molecule has 1 saturated heterocycles. The molecule has 4 aromatic rings. The number of carbonyl (C=O) groups excluding carboxylic acids is 1. The second-order valence-corrected chi connectivity index (χ2v) is 7.92. The predicted molar refractivity (Wildman–Crippen MR) is 128 cm³/mol. The zero-order valence-corrected chi connectivity index (χ0v) is 18.5. The van der Waals surface area contributed by atoms with Gasteiger partial charge in [0.15, 0.2) is 5.76 Å². The number of ether oxygens (including phenoxy) is 1. The number of anilines is 1. The summed E-state index contributed by atoms with van der Waals surface area (Å²) in [6, 6.07) is 25.4. The molecule has 0 unspecified atom stereocenters. The number of benzene rings is 3. The van der Waals surface area contributed by atoms with E-state index in [0.717, 1.165) is 24.4 Å². The minimum atomic E-state index is 0.00232. The van der Waals surface area contributed by atoms with Crippen LogP contribution in [0, 0.1) is 0 Å². The van der Waals surface area contributed by atoms with Gasteiger partial charge in [-0.05, 0) is 48.5 Å². The van der Waals surface area contributed by atoms with Crippen molar-refractivity contribution < 1.29 is 13.9 Å². The van der Waals surface area contributed by atoms with Gasteiger partial charge in [-0.3, -0.25) is 4.79 Å². The highest BCUT2D eigenvalue weighted by Gasteiger charge is 2.25. The third kappa shape index (κ3) is 4.32. The van der Waals surface area contributed by atoms with Gasteiger partial charge in [-0.1, -0.05) is 30.3 Å². The summed E-state index contributed by atoms with van der Waals surface area (Å²) >= 11 is 0. The van der Waals surface area contributed by atoms with Crippen molar-refractivity contribution in [3.05, 3.63) is 90.6 Å². The van der Waals surface area contributed by atoms with Crippen molar-refractivity contribution in [1.29, 1.82) is 0 Å². The van der Waals surface area contributed by atoms with Crippen LogP contribution < -0.4 is 9.64 Å². The maximum absolute atomic E-state index is 13.4. The quantitative estimate of drug-likeness (QED) is 0.439. The fourth-order valence-corrected chi connectivity index (χ4v) is 4.12. The Labute approximate surface area is 193 Å². The first kappa shape index (κ1) is 20.8. The Bertz CT molecular complexity index is 1230. The number of carbonyl (C=O) groups is 1. The van der Waals surface area contributed by atoms with Crippen LogP contribution in [-0.2, 0) is 0 Å². The molecule has 0 aliphatic carbocycles. The fraction of sp³-hybridized carbons (Fsp3) is 0.185. The monoisotopic (exact) mass is 439 g/mol. The summed E-state index contributed by atoms with van der Waals surface area (Å²) in [5.74, 6) is 1.86. The Kier molecular flexibility index (Phi) is 5.81. The molecule has 0 N–H and O–H groups in total. The van der Waals surface area contributed by atoms with E-state index in [1.54, 1.807) is 13.3 Å². The molecular weight excluding hydrogens is 414 g/mol. The van der Waals surface area contributed by atoms with Gasteiger partial charge in [-0.25, -0.2) is 4.98 Å². The van der Waals surface area contributed by atoms with Crippen LogP contribution in [0.25, 0.3) is 22.8 Å². The number of oxazole rings is 1. The lowest BCUT2D eigenvalue weighted by Gasteiger charge is -2.36. The molecule has 5 rings (SSSR count). The lowest BCUT2D eigenvalue weighted by molar-refractivity contribution is 0.0747. The number of methoxy groups -OCH3 is 1. The van der Waals surface area contributed by atoms with E-state index in [0.29, 0.717) is 35.9 Å². The van der Waals surface area contributed by atoms with Crippen LogP contribution in [-0.4, -0.2) is 49.1 Å². The first-order chi connectivity index (χ1) is 16.2. The SMILES string of the molecule is COc1ccc(-c2cnc(-c3ccccc3C(=O)N3CCN(c4ccccc4)CC3)o2)cc1. The summed E-state index contributed by atoms with van der Waals surface area (Å²) in [6.45, 7) is 2.95. The third-order valence-corrected chi connectivity index (χ3v) is 5.96. The molecule has 2 heterocycles. The maximum Gasteiger partial charge on any atom is 0.254 e. The summed E-state index contributed by atoms with van der Waals surface area (Å²) in [5, 5.41) is 0. The smallest absolute Gasteiger partial charge is 0.254 e. The standard InChI is InChI=1S/C27H25N3O3/c1-32-22-13-11-20(12-14-22)25-19-28-26(33-25)23-9-5-6-10-24(23)27(31)30-17-15-29(16-18-30)21-7-3-2-4-8-21/h2-14,19H,15-18H2,1H3. The molecule has 0 saturated carbocycles. The third-order valence-electron chi connectivity index (χ3n) is 5.96. The van der Waals surface area contributed by atoms with Gasteiger partial charge >= 0.3 is 0 Å². The van der Waals surface area contributed by atoms with Crippen molar-refractivity contribution in [2.75, 3.05) is 38.2 Å². The van der Waals surface area contributed by atoms with Crippen LogP contribution in [0.5, 0.6) is 5.75 Å². The van der Waals surface area contributed by atoms with E-state index >= 15 is 0 Å². The Hall–Kier alpha value is -4.06. The molecule has 33 heavy (non-hydrogen) atoms. The average Bonchev–Trinajstić information content (AvgIpc) is 3.39. The Morgan fingerprint density at radius 1 is 0.879 bits per heavy atom. The number of aromatic nitrogens is 1. The number of para-hydroxylation sites is 1. The van der Waals surface area contributed by atoms with Crippen molar-refractivity contribution in [3.8, 4) is 28.5 Å². The van der Waals surface area contributed by atoms with Gasteiger partial charge in [-0.15, -0.1) is 0 Å². The van der Waals surface area contributed by atoms with Gasteiger partial charge in [0.25, 0.3) is 5.91 Å². The molecular formula is C27H25N3O3. The summed E-state index contributed by atoms with van der Waals surface area (Å²) in [4.78, 5) is 22.1. The van der Waals surface area contributed by atoms with E-state index in [-0.39, 0.29) is 5.91 Å². The average molecular weight is 440 g/mol. The van der Waals surface area contributed by atoms with Crippen molar-refractivity contribution in [1.82, 2.24) is 9.88 Å². The van der Waals surface area contributed by atoms with E-state index < -0.39 is 0 Å². The number of nitrogens with zero attached hydrogens (tertiary/aromatic N) is 3. The summed E-state index contributed by atoms with van der Waals surface area (Å²) in [7, 11) is 1.64. The van der Waals surface area contributed by atoms with Gasteiger partial charge in [0, 0.05) is 43.0 Å². The lowest BCUT2D eigenvalue weighted by atomic mass is 10.1. The summed E-state index contributed by atoms with van der Waals surface area (Å²) in [5.41, 5.74) is 3.40. The molecule has 6 nitrogen and oxygen atoms in total. The van der Waals surface area contributed by atoms with Crippen LogP contribution in [0.15, 0.2) is 89.5 Å². The number of hydrogen-bond acceptors (Lipinski definition) is 5. The molecule has 1 aliphatic rings. The molecule has 166 valence electrons. The highest BCUT2D eigenvalue weighted by Crippen LogP contribution is 2.30. The number of amides is 1. The van der Waals surface area contributed by atoms with Gasteiger partial charge < -0.3 is 19.0 Å². The van der Waals surface area contributed by atoms with Crippen molar-refractivity contribution in [2.45, 2.75) is 0 Å². The molecule has 3 aromatic carbocycles. The normalized spacial score (nSPS) is 13.7. The first-order valence-electron chi connectivity index (χ1n) is 11.0. The Balaban J connectivity index is 1.34. The molecule has 1 fully saturated rings. The minimum Gasteiger partial charge on any atom is -0.497 e. The van der Waals surface area contributed by atoms with E-state index in [4.69, 9.17) is 9.15 Å². The van der Waals surface area contributed by atoms with E-state index in [1.165, 1.54) is 5.69 Å². The van der Waals surface area contributed by atoms with Crippen LogP contribution in [0.1, 0.15) is 10.4 Å². The largest absolute Gasteiger partial charge is 0.497 e. The topological polar surface area (TPSA) is 58.8 Å². The summed E-state index contributed by atoms with van der Waals surface area (Å²) in [6.07, 6.45) is 1.69. The Morgan fingerprint density at radius 3 is 2.30 bits per heavy atom. The van der Waals surface area contributed by atoms with Gasteiger partial charge in [-0.2, -0.15) is 0 Å². The number of rotatable bonds is 5. The number of hydrogen-bond donors (Lipinski definition) is 0. The van der Waals surface area contributed by atoms with Gasteiger partial charge in [0.2, 0.25) is 5.89 Å². The zero-order valence-electron chi connectivity index (χ0n) is 18.5. The molecule has 0 radical (unpaired) electrons. The predicted octanol–water partition coefficient (Wildman–Crippen LogP) is 4.98. The van der Waals surface area contributed by atoms with Crippen molar-refractivity contribution >= 4 is 11.6 Å². The fourth-order valence-electron chi connectivity index (χ4n) is 4.12. The molecule has 1 aromatic heterocycles. The van der Waals surface area contributed by atoms with Crippen molar-refractivity contribution in [2.24, 2.45) is 0 Å². The van der Waals surface area contributed by atoms with Crippen LogP contribution in [0.3, 0.4) is 0 Å². The van der Waals surface area contributed by atoms with Crippen LogP contribution in [0.2, 0.25) is 0 Å². The first-order valence-corrected chi connectivity index (χ1v) is 11.0. The zero-order chi connectivity index (χ0) is 22.6. The second-order valence-electron chi connectivity index (χ2n) is 7.92. The van der Waals surface area contributed by atoms with Gasteiger partial charge in [0.05, 0.1) is 18.9 Å². The van der Waals surface area contributed by atoms with Crippen LogP contribution in [0.4, 0.5) is 5.69 Å². The van der Waals surface area contributed by atoms with Gasteiger partial charge in [0.1, 0.15) is 5.75 Å². The van der Waals surface area contributed by atoms with E-state index in [2.05, 4.69) is 22.0 Å². The molecule has 1 aliphatic heterocycles. The van der Waals surface area contributed by atoms with E-state index in [1.807, 2.05) is 71.6 Å². The highest BCUT2D eigenvalue weighted by atomic mass is 16.5. The second kappa shape index (κ2) is 9.20. The Morgan fingerprint density at radius 2 is 1.58 bits per heavy atom. The molecule has 0 spiro atoms. The number of piperazine rings is 1. The summed E-state index contributed by atoms with van der Waals surface area (Å²) < 4.78 is 11.3. The lowest BCUT2D eigenvalue weighted by Crippen LogP contribution is -2.48. The minimum absolute atomic E-state index is 0.00232. The molecule has 0 atom stereocenters. The maximum atomic E-state index is 13.4. The molecule has 1 amide bonds. The molecule has 6 heteroatoms. The van der Waals surface area contributed by atoms with Crippen molar-refractivity contribution in [3.63, 3.8) is 0 Å².